The molecule has 16 heteroatoms. The Morgan fingerprint density at radius 3 is 2.65 bits per heavy atom. The number of para-hydroxylation sites is 1. The smallest absolute Gasteiger partial charge is 0.407 e. The van der Waals surface area contributed by atoms with Crippen molar-refractivity contribution in [3.63, 3.8) is 0 Å². The predicted octanol–water partition coefficient (Wildman–Crippen LogP) is 4.64. The monoisotopic (exact) mass is 769 g/mol. The number of nitrogens with one attached hydrogen (secondary N) is 6. The van der Waals surface area contributed by atoms with Crippen LogP contribution in [0.2, 0.25) is 0 Å². The molecule has 5 rings (SSSR count). The number of hydrogen-bond acceptors (Lipinski definition) is 10. The third-order valence-corrected chi connectivity index (χ3v) is 9.81. The van der Waals surface area contributed by atoms with Crippen molar-refractivity contribution in [1.29, 1.82) is 5.41 Å². The van der Waals surface area contributed by atoms with Gasteiger partial charge in [0.05, 0.1) is 23.0 Å². The zero-order chi connectivity index (χ0) is 38.3. The van der Waals surface area contributed by atoms with E-state index in [2.05, 4.69) is 26.6 Å². The molecule has 2 heterocycles. The van der Waals surface area contributed by atoms with E-state index in [1.807, 2.05) is 73.0 Å². The van der Waals surface area contributed by atoms with Crippen molar-refractivity contribution in [3.8, 4) is 0 Å². The van der Waals surface area contributed by atoms with E-state index in [4.69, 9.17) is 20.9 Å². The molecule has 2 aliphatic rings. The van der Waals surface area contributed by atoms with Crippen LogP contribution in [-0.4, -0.2) is 79.4 Å². The molecule has 1 atom stereocenters. The summed E-state index contributed by atoms with van der Waals surface area (Å²) in [6.07, 6.45) is 0.269. The third-order valence-electron chi connectivity index (χ3n) is 7.92. The second-order valence-electron chi connectivity index (χ2n) is 12.1. The topological polar surface area (TPSA) is 203 Å². The number of urea groups is 1. The zero-order valence-corrected chi connectivity index (χ0v) is 31.4. The molecule has 5 amide bonds. The van der Waals surface area contributed by atoms with Crippen molar-refractivity contribution in [2.24, 2.45) is 10.7 Å². The Labute approximate surface area is 322 Å². The van der Waals surface area contributed by atoms with Crippen LogP contribution in [0, 0.1) is 12.3 Å². The Balaban J connectivity index is 1.09. The minimum absolute atomic E-state index is 0.00140. The summed E-state index contributed by atoms with van der Waals surface area (Å²) in [5.41, 5.74) is 10.5. The van der Waals surface area contributed by atoms with E-state index in [-0.39, 0.29) is 37.9 Å². The predicted molar refractivity (Wildman–Crippen MR) is 216 cm³/mol. The van der Waals surface area contributed by atoms with Crippen LogP contribution in [-0.2, 0) is 14.3 Å². The fraction of sp³-hybridized carbons (Fsp3) is 0.263. The summed E-state index contributed by atoms with van der Waals surface area (Å²) in [5.74, 6) is 0.857. The number of amides is 5. The van der Waals surface area contributed by atoms with E-state index in [1.54, 1.807) is 36.0 Å². The first-order valence-corrected chi connectivity index (χ1v) is 19.3. The van der Waals surface area contributed by atoms with Crippen LogP contribution in [0.1, 0.15) is 29.5 Å². The molecule has 0 spiro atoms. The zero-order valence-electron chi connectivity index (χ0n) is 29.7. The first kappa shape index (κ1) is 39.5. The average molecular weight is 770 g/mol. The van der Waals surface area contributed by atoms with Gasteiger partial charge in [-0.1, -0.05) is 72.4 Å². The fourth-order valence-electron chi connectivity index (χ4n) is 5.48. The molecular formula is C38H43N9O5S2. The molecule has 54 heavy (non-hydrogen) atoms. The summed E-state index contributed by atoms with van der Waals surface area (Å²) >= 11 is 3.15. The number of amidine groups is 1. The first-order chi connectivity index (χ1) is 26.2. The average Bonchev–Trinajstić information content (AvgIpc) is 3.55. The number of thioether (sulfide) groups is 2. The van der Waals surface area contributed by atoms with Gasteiger partial charge < -0.3 is 42.0 Å². The normalized spacial score (nSPS) is 15.6. The summed E-state index contributed by atoms with van der Waals surface area (Å²) in [7, 11) is 0. The van der Waals surface area contributed by atoms with Crippen molar-refractivity contribution in [1.82, 2.24) is 21.3 Å². The maximum Gasteiger partial charge on any atom is 0.407 e. The molecule has 282 valence electrons. The minimum atomic E-state index is -1.28. The third kappa shape index (κ3) is 11.9. The summed E-state index contributed by atoms with van der Waals surface area (Å²) in [4.78, 5) is 58.2. The molecular weight excluding hydrogens is 727 g/mol. The molecule has 3 aromatic carbocycles. The summed E-state index contributed by atoms with van der Waals surface area (Å²) in [6, 6.07) is 23.4. The highest BCUT2D eigenvalue weighted by Gasteiger charge is 2.33. The van der Waals surface area contributed by atoms with E-state index in [1.165, 1.54) is 16.7 Å². The number of alkyl carbamates (subject to hydrolysis) is 1. The lowest BCUT2D eigenvalue weighted by Crippen LogP contribution is -2.49. The molecule has 0 radical (unpaired) electrons. The number of aryl methyl sites for hydroxylation is 1. The van der Waals surface area contributed by atoms with Crippen LogP contribution in [0.15, 0.2) is 106 Å². The molecule has 14 nitrogen and oxygen atoms in total. The van der Waals surface area contributed by atoms with Gasteiger partial charge in [0, 0.05) is 59.6 Å². The lowest BCUT2D eigenvalue weighted by atomic mass is 10.0. The van der Waals surface area contributed by atoms with E-state index < -0.39 is 24.2 Å². The molecule has 3 aromatic rings. The Morgan fingerprint density at radius 1 is 1.06 bits per heavy atom. The number of hydrogen-bond donors (Lipinski definition) is 7. The van der Waals surface area contributed by atoms with Crippen LogP contribution in [0.3, 0.4) is 0 Å². The van der Waals surface area contributed by atoms with Crippen molar-refractivity contribution >= 4 is 70.4 Å². The van der Waals surface area contributed by atoms with Gasteiger partial charge in [0.25, 0.3) is 5.91 Å². The highest BCUT2D eigenvalue weighted by atomic mass is 32.2. The quantitative estimate of drug-likeness (QED) is 0.0616. The van der Waals surface area contributed by atoms with E-state index in [0.29, 0.717) is 35.6 Å². The molecule has 0 fully saturated rings. The van der Waals surface area contributed by atoms with E-state index in [9.17, 15) is 19.2 Å². The molecule has 2 aliphatic heterocycles. The van der Waals surface area contributed by atoms with Gasteiger partial charge in [0.1, 0.15) is 12.4 Å². The minimum Gasteiger partial charge on any atom is -0.448 e. The number of benzodiazepines with no additional fused rings is 1. The number of nitrogens with two attached hydrogens (primary N) is 1. The number of nitrogens with zero attached hydrogens (tertiary/aromatic N) is 2. The molecule has 0 saturated heterocycles. The van der Waals surface area contributed by atoms with Crippen molar-refractivity contribution in [2.75, 3.05) is 48.0 Å². The molecule has 0 saturated carbocycles. The van der Waals surface area contributed by atoms with Gasteiger partial charge in [0.15, 0.2) is 0 Å². The highest BCUT2D eigenvalue weighted by Crippen LogP contribution is 2.28. The van der Waals surface area contributed by atoms with Gasteiger partial charge in [-0.3, -0.25) is 15.0 Å². The second-order valence-corrected chi connectivity index (χ2v) is 14.2. The van der Waals surface area contributed by atoms with Crippen molar-refractivity contribution in [3.05, 3.63) is 118 Å². The maximum absolute atomic E-state index is 14.1. The largest absolute Gasteiger partial charge is 0.448 e. The summed E-state index contributed by atoms with van der Waals surface area (Å²) in [5, 5.41) is 24.4. The van der Waals surface area contributed by atoms with Gasteiger partial charge in [-0.05, 0) is 42.5 Å². The van der Waals surface area contributed by atoms with Crippen LogP contribution in [0.25, 0.3) is 0 Å². The number of rotatable bonds is 16. The lowest BCUT2D eigenvalue weighted by molar-refractivity contribution is -0.121. The van der Waals surface area contributed by atoms with Crippen molar-refractivity contribution in [2.45, 2.75) is 25.9 Å². The number of carbonyl (C=O) groups excluding carboxylic acids is 4. The molecule has 0 aromatic heterocycles. The lowest BCUT2D eigenvalue weighted by Gasteiger charge is -2.25. The Kier molecular flexibility index (Phi) is 14.6. The second kappa shape index (κ2) is 19.9. The first-order valence-electron chi connectivity index (χ1n) is 17.3. The molecule has 8 N–H and O–H groups in total. The van der Waals surface area contributed by atoms with Crippen LogP contribution >= 0.6 is 23.5 Å². The molecule has 0 unspecified atom stereocenters. The Bertz CT molecular complexity index is 1940. The number of benzene rings is 3. The van der Waals surface area contributed by atoms with Gasteiger partial charge in [-0.15, -0.1) is 0 Å². The SMILES string of the molecule is Cc1cccc(NC(=O)N[C@@H]2N=C(c3ccccc3)c3ccccc3N(CCOC(=O)NCCCC(=O)NCCSCC3=CSC(=CC(=N)N)N3)C2=O)c1. The van der Waals surface area contributed by atoms with Gasteiger partial charge in [-0.25, -0.2) is 14.6 Å². The maximum atomic E-state index is 14.1. The summed E-state index contributed by atoms with van der Waals surface area (Å²) < 4.78 is 5.42. The number of anilines is 2. The van der Waals surface area contributed by atoms with E-state index in [0.717, 1.165) is 33.4 Å². The fourth-order valence-corrected chi connectivity index (χ4v) is 7.15. The number of fused-ring (bicyclic) bond motifs is 1. The van der Waals surface area contributed by atoms with Crippen LogP contribution < -0.4 is 37.2 Å². The summed E-state index contributed by atoms with van der Waals surface area (Å²) in [6.45, 7) is 2.53. The number of ether oxygens (including phenoxy) is 1. The Morgan fingerprint density at radius 2 is 1.85 bits per heavy atom. The number of carbonyl (C=O) groups is 4. The highest BCUT2D eigenvalue weighted by molar-refractivity contribution is 8.06. The molecule has 0 bridgehead atoms. The van der Waals surface area contributed by atoms with Gasteiger partial charge in [-0.2, -0.15) is 11.8 Å². The number of aliphatic imine (C=N–C) groups is 1. The molecule has 0 aliphatic carbocycles. The van der Waals surface area contributed by atoms with E-state index >= 15 is 0 Å². The standard InChI is InChI=1S/C38H43N9O5S2/c1-25-9-7-12-27(21-25)44-37(50)46-35-36(49)47(30-14-6-5-13-29(30)34(45-35)26-10-3-2-4-11-26)18-19-52-38(51)42-16-8-15-32(48)41-17-20-53-23-28-24-54-33(43-28)22-31(39)40/h2-7,9-14,21-22,24,35,43H,8,15-20,23H2,1H3,(H3,39,40)(H,41,48)(H,42,51)(H2,44,46,50)/t35-/m0/s1. The van der Waals surface area contributed by atoms with Crippen LogP contribution in [0.5, 0.6) is 0 Å². The van der Waals surface area contributed by atoms with Crippen molar-refractivity contribution < 1.29 is 23.9 Å². The van der Waals surface area contributed by atoms with Gasteiger partial charge in [0.2, 0.25) is 12.1 Å². The van der Waals surface area contributed by atoms with Crippen LogP contribution in [0.4, 0.5) is 21.0 Å². The van der Waals surface area contributed by atoms with Gasteiger partial charge >= 0.3 is 12.1 Å². The Hall–Kier alpha value is -5.74.